The van der Waals surface area contributed by atoms with Crippen LogP contribution in [0.4, 0.5) is 13.2 Å². The first-order valence-corrected chi connectivity index (χ1v) is 14.9. The summed E-state index contributed by atoms with van der Waals surface area (Å²) in [6, 6.07) is 29.5. The highest BCUT2D eigenvalue weighted by atomic mass is 35.5. The van der Waals surface area contributed by atoms with E-state index in [0.717, 1.165) is 23.2 Å². The minimum absolute atomic E-state index is 0.0920. The van der Waals surface area contributed by atoms with Crippen LogP contribution in [-0.4, -0.2) is 49.7 Å². The molecule has 4 aromatic carbocycles. The number of nitrogens with zero attached hydrogens (tertiary/aromatic N) is 1. The van der Waals surface area contributed by atoms with E-state index in [1.165, 1.54) is 0 Å². The fourth-order valence-corrected chi connectivity index (χ4v) is 4.99. The maximum atomic E-state index is 13.3. The number of alkyl halides is 3. The van der Waals surface area contributed by atoms with Crippen LogP contribution in [0.15, 0.2) is 97.1 Å². The van der Waals surface area contributed by atoms with Crippen LogP contribution in [0.2, 0.25) is 10.0 Å². The number of likely N-dealkylation sites (N-methyl/N-ethyl adjacent to an activating group) is 1. The number of Topliss-reactive ketones (excluding diaryl/α,β-unsaturated/α-hetero) is 1. The van der Waals surface area contributed by atoms with Crippen molar-refractivity contribution < 1.29 is 27.4 Å². The number of benzene rings is 4. The third-order valence-electron chi connectivity index (χ3n) is 7.27. The van der Waals surface area contributed by atoms with Crippen LogP contribution in [-0.2, 0) is 22.6 Å². The van der Waals surface area contributed by atoms with Crippen molar-refractivity contribution in [1.29, 1.82) is 0 Å². The molecule has 232 valence electrons. The minimum Gasteiger partial charge on any atom is -0.492 e. The molecule has 0 fully saturated rings. The van der Waals surface area contributed by atoms with Gasteiger partial charge in [0.05, 0.1) is 6.61 Å². The molecule has 1 atom stereocenters. The lowest BCUT2D eigenvalue weighted by atomic mass is 9.91. The highest BCUT2D eigenvalue weighted by Crippen LogP contribution is 2.28. The van der Waals surface area contributed by atoms with Gasteiger partial charge in [0.25, 0.3) is 5.78 Å². The molecule has 0 radical (unpaired) electrons. The molecule has 0 bridgehead atoms. The number of ketones is 1. The maximum absolute atomic E-state index is 13.3. The molecule has 0 aromatic heterocycles. The summed E-state index contributed by atoms with van der Waals surface area (Å²) < 4.78 is 51.3. The molecule has 0 saturated carbocycles. The van der Waals surface area contributed by atoms with E-state index in [-0.39, 0.29) is 18.9 Å². The minimum atomic E-state index is -4.99. The monoisotopic (exact) mass is 643 g/mol. The summed E-state index contributed by atoms with van der Waals surface area (Å²) in [5, 5.41) is 1.35. The summed E-state index contributed by atoms with van der Waals surface area (Å²) in [6.45, 7) is 3.57. The Morgan fingerprint density at radius 1 is 0.795 bits per heavy atom. The maximum Gasteiger partial charge on any atom is 0.452 e. The zero-order valence-electron chi connectivity index (χ0n) is 24.5. The highest BCUT2D eigenvalue weighted by Gasteiger charge is 2.44. The van der Waals surface area contributed by atoms with E-state index in [4.69, 9.17) is 32.7 Å². The Balaban J connectivity index is 1.32. The van der Waals surface area contributed by atoms with Crippen molar-refractivity contribution in [3.8, 4) is 5.75 Å². The fraction of sp³-hybridized carbons (Fsp3) is 0.286. The van der Waals surface area contributed by atoms with Gasteiger partial charge in [0.2, 0.25) is 0 Å². The van der Waals surface area contributed by atoms with Crippen LogP contribution >= 0.6 is 23.2 Å². The average Bonchev–Trinajstić information content (AvgIpc) is 3.00. The van der Waals surface area contributed by atoms with Crippen LogP contribution in [0, 0.1) is 6.92 Å². The van der Waals surface area contributed by atoms with Crippen molar-refractivity contribution in [3.63, 3.8) is 0 Å². The number of hydrogen-bond acceptors (Lipinski definition) is 4. The molecule has 0 aliphatic carbocycles. The van der Waals surface area contributed by atoms with Gasteiger partial charge in [0, 0.05) is 35.5 Å². The smallest absolute Gasteiger partial charge is 0.452 e. The van der Waals surface area contributed by atoms with Gasteiger partial charge in [-0.2, -0.15) is 13.2 Å². The topological polar surface area (TPSA) is 38.8 Å². The molecule has 0 heterocycles. The SMILES string of the molecule is Cc1ccc(COC(Cc2ccc(OCCN(C)CC(c3ccc(Cl)cc3)c3ccc(Cl)cc3)cc2)C(=O)C(F)(F)F)cc1. The molecule has 9 heteroatoms. The molecule has 0 saturated heterocycles. The van der Waals surface area contributed by atoms with E-state index < -0.39 is 18.1 Å². The summed E-state index contributed by atoms with van der Waals surface area (Å²) in [6.07, 6.45) is -6.84. The first-order chi connectivity index (χ1) is 21.0. The molecule has 1 unspecified atom stereocenters. The standard InChI is InChI=1S/C35H34Cl2F3NO3/c1-24-3-5-26(6-4-24)23-44-33(34(42)35(38,39)40)21-25-7-17-31(18-8-25)43-20-19-41(2)22-32(27-9-13-29(36)14-10-27)28-11-15-30(37)16-12-28/h3-18,32-33H,19-23H2,1-2H3. The van der Waals surface area contributed by atoms with E-state index in [9.17, 15) is 18.0 Å². The lowest BCUT2D eigenvalue weighted by Crippen LogP contribution is -2.37. The lowest BCUT2D eigenvalue weighted by molar-refractivity contribution is -0.183. The van der Waals surface area contributed by atoms with Crippen molar-refractivity contribution in [2.24, 2.45) is 0 Å². The number of carbonyl (C=O) groups excluding carboxylic acids is 1. The number of aryl methyl sites for hydroxylation is 1. The number of hydrogen-bond donors (Lipinski definition) is 0. The van der Waals surface area contributed by atoms with Gasteiger partial charge >= 0.3 is 6.18 Å². The first kappa shape index (κ1) is 33.5. The normalized spacial score (nSPS) is 12.5. The number of rotatable bonds is 14. The second kappa shape index (κ2) is 15.6. The summed E-state index contributed by atoms with van der Waals surface area (Å²) in [5.41, 5.74) is 4.51. The van der Waals surface area contributed by atoms with Gasteiger partial charge in [-0.1, -0.05) is 89.4 Å². The zero-order chi connectivity index (χ0) is 31.7. The van der Waals surface area contributed by atoms with E-state index in [2.05, 4.69) is 4.90 Å². The second-order valence-corrected chi connectivity index (χ2v) is 11.6. The van der Waals surface area contributed by atoms with Gasteiger partial charge in [0.15, 0.2) is 0 Å². The Morgan fingerprint density at radius 2 is 1.32 bits per heavy atom. The van der Waals surface area contributed by atoms with Crippen molar-refractivity contribution in [2.45, 2.75) is 38.1 Å². The average molecular weight is 645 g/mol. The van der Waals surface area contributed by atoms with E-state index >= 15 is 0 Å². The van der Waals surface area contributed by atoms with Crippen LogP contribution in [0.25, 0.3) is 0 Å². The second-order valence-electron chi connectivity index (χ2n) is 10.8. The Labute approximate surface area is 266 Å². The summed E-state index contributed by atoms with van der Waals surface area (Å²) in [5.74, 6) is -1.23. The first-order valence-electron chi connectivity index (χ1n) is 14.2. The third-order valence-corrected chi connectivity index (χ3v) is 7.77. The Morgan fingerprint density at radius 3 is 1.84 bits per heavy atom. The van der Waals surface area contributed by atoms with Crippen molar-refractivity contribution in [1.82, 2.24) is 4.90 Å². The van der Waals surface area contributed by atoms with E-state index in [1.54, 1.807) is 36.4 Å². The third kappa shape index (κ3) is 10.1. The van der Waals surface area contributed by atoms with Crippen molar-refractivity contribution >= 4 is 29.0 Å². The predicted octanol–water partition coefficient (Wildman–Crippen LogP) is 8.70. The van der Waals surface area contributed by atoms with E-state index in [1.807, 2.05) is 74.6 Å². The molecule has 0 amide bonds. The van der Waals surface area contributed by atoms with Gasteiger partial charge in [-0.15, -0.1) is 0 Å². The molecule has 4 aromatic rings. The van der Waals surface area contributed by atoms with Crippen molar-refractivity contribution in [2.75, 3.05) is 26.7 Å². The molecule has 0 aliphatic heterocycles. The lowest BCUT2D eigenvalue weighted by Gasteiger charge is -2.25. The van der Waals surface area contributed by atoms with Crippen molar-refractivity contribution in [3.05, 3.63) is 135 Å². The van der Waals surface area contributed by atoms with Gasteiger partial charge in [-0.05, 0) is 72.6 Å². The quantitative estimate of drug-likeness (QED) is 0.138. The van der Waals surface area contributed by atoms with Gasteiger partial charge in [-0.3, -0.25) is 4.79 Å². The summed E-state index contributed by atoms with van der Waals surface area (Å²) in [7, 11) is 2.01. The number of carbonyl (C=O) groups is 1. The Kier molecular flexibility index (Phi) is 11.9. The molecule has 0 N–H and O–H groups in total. The molecule has 0 spiro atoms. The summed E-state index contributed by atoms with van der Waals surface area (Å²) in [4.78, 5) is 14.3. The predicted molar refractivity (Wildman–Crippen MR) is 169 cm³/mol. The number of ether oxygens (including phenoxy) is 2. The molecule has 4 nitrogen and oxygen atoms in total. The molecule has 44 heavy (non-hydrogen) atoms. The summed E-state index contributed by atoms with van der Waals surface area (Å²) >= 11 is 12.2. The molecular weight excluding hydrogens is 610 g/mol. The van der Waals surface area contributed by atoms with Gasteiger partial charge in [-0.25, -0.2) is 0 Å². The van der Waals surface area contributed by atoms with Crippen LogP contribution in [0.5, 0.6) is 5.75 Å². The fourth-order valence-electron chi connectivity index (χ4n) is 4.74. The van der Waals surface area contributed by atoms with Gasteiger partial charge < -0.3 is 14.4 Å². The molecular formula is C35H34Cl2F3NO3. The largest absolute Gasteiger partial charge is 0.492 e. The molecule has 0 aliphatic rings. The Bertz CT molecular complexity index is 1430. The van der Waals surface area contributed by atoms with Crippen LogP contribution in [0.3, 0.4) is 0 Å². The molecule has 4 rings (SSSR count). The number of halogens is 5. The zero-order valence-corrected chi connectivity index (χ0v) is 26.0. The highest BCUT2D eigenvalue weighted by molar-refractivity contribution is 6.30. The Hall–Kier alpha value is -3.36. The van der Waals surface area contributed by atoms with Gasteiger partial charge in [0.1, 0.15) is 18.5 Å². The van der Waals surface area contributed by atoms with Crippen LogP contribution < -0.4 is 4.74 Å². The van der Waals surface area contributed by atoms with Crippen LogP contribution in [0.1, 0.15) is 33.7 Å². The van der Waals surface area contributed by atoms with E-state index in [0.29, 0.717) is 40.1 Å².